The van der Waals surface area contributed by atoms with Crippen LogP contribution in [0.15, 0.2) is 24.3 Å². The molecule has 1 aliphatic heterocycles. The van der Waals surface area contributed by atoms with Crippen molar-refractivity contribution in [3.8, 4) is 0 Å². The first kappa shape index (κ1) is 16.9. The van der Waals surface area contributed by atoms with Gasteiger partial charge in [-0.3, -0.25) is 4.90 Å². The minimum atomic E-state index is -3.11. The number of hydrogen-bond acceptors (Lipinski definition) is 5. The number of carbonyl (C=O) groups excluding carboxylic acids is 1. The summed E-state index contributed by atoms with van der Waals surface area (Å²) < 4.78 is 29.4. The highest BCUT2D eigenvalue weighted by atomic mass is 32.2. The van der Waals surface area contributed by atoms with Gasteiger partial charge in [0.25, 0.3) is 0 Å². The summed E-state index contributed by atoms with van der Waals surface area (Å²) in [6.45, 7) is 3.44. The molecule has 0 radical (unpaired) electrons. The fraction of sp³-hybridized carbons (Fsp3) is 0.533. The molecule has 1 aromatic carbocycles. The van der Waals surface area contributed by atoms with E-state index in [1.165, 1.54) is 17.7 Å². The van der Waals surface area contributed by atoms with Crippen LogP contribution in [0.25, 0.3) is 0 Å². The third kappa shape index (κ3) is 4.53. The van der Waals surface area contributed by atoms with E-state index in [2.05, 4.69) is 9.64 Å². The second-order valence-corrected chi connectivity index (χ2v) is 7.46. The van der Waals surface area contributed by atoms with Gasteiger partial charge in [0.2, 0.25) is 10.0 Å². The number of hydrogen-bond donors (Lipinski definition) is 0. The van der Waals surface area contributed by atoms with E-state index in [0.29, 0.717) is 25.2 Å². The van der Waals surface area contributed by atoms with E-state index in [1.807, 2.05) is 12.1 Å². The maximum Gasteiger partial charge on any atom is 0.337 e. The minimum Gasteiger partial charge on any atom is -0.465 e. The number of esters is 1. The molecule has 1 saturated heterocycles. The number of methoxy groups -OCH3 is 1. The second kappa shape index (κ2) is 7.21. The number of ether oxygens (including phenoxy) is 1. The van der Waals surface area contributed by atoms with Gasteiger partial charge in [0.15, 0.2) is 0 Å². The molecule has 0 bridgehead atoms. The third-order valence-electron chi connectivity index (χ3n) is 3.80. The first-order valence-electron chi connectivity index (χ1n) is 7.25. The fourth-order valence-corrected chi connectivity index (χ4v) is 3.43. The minimum absolute atomic E-state index is 0.342. The second-order valence-electron chi connectivity index (χ2n) is 5.48. The lowest BCUT2D eigenvalue weighted by Crippen LogP contribution is -2.34. The Morgan fingerprint density at radius 1 is 1.14 bits per heavy atom. The highest BCUT2D eigenvalue weighted by Crippen LogP contribution is 2.12. The summed E-state index contributed by atoms with van der Waals surface area (Å²) in [5.41, 5.74) is 1.63. The van der Waals surface area contributed by atoms with Crippen LogP contribution < -0.4 is 0 Å². The first-order valence-corrected chi connectivity index (χ1v) is 9.10. The molecule has 2 rings (SSSR count). The SMILES string of the molecule is COC(=O)c1ccc(CN2CCCN(S(C)(=O)=O)CC2)cc1. The van der Waals surface area contributed by atoms with Crippen molar-refractivity contribution in [2.75, 3.05) is 39.5 Å². The molecule has 7 heteroatoms. The van der Waals surface area contributed by atoms with Gasteiger partial charge in [-0.1, -0.05) is 12.1 Å². The van der Waals surface area contributed by atoms with E-state index >= 15 is 0 Å². The maximum atomic E-state index is 11.6. The number of carbonyl (C=O) groups is 1. The first-order chi connectivity index (χ1) is 10.4. The Bertz CT molecular complexity index is 613. The topological polar surface area (TPSA) is 66.9 Å². The van der Waals surface area contributed by atoms with Gasteiger partial charge in [0.05, 0.1) is 18.9 Å². The Balaban J connectivity index is 1.95. The summed E-state index contributed by atoms with van der Waals surface area (Å²) in [5, 5.41) is 0. The molecule has 1 aromatic rings. The van der Waals surface area contributed by atoms with Crippen molar-refractivity contribution in [1.82, 2.24) is 9.21 Å². The van der Waals surface area contributed by atoms with Crippen LogP contribution in [-0.2, 0) is 21.3 Å². The van der Waals surface area contributed by atoms with Gasteiger partial charge in [0.1, 0.15) is 0 Å². The summed E-state index contributed by atoms with van der Waals surface area (Å²) >= 11 is 0. The zero-order valence-electron chi connectivity index (χ0n) is 13.0. The average molecular weight is 326 g/mol. The van der Waals surface area contributed by atoms with Crippen LogP contribution >= 0.6 is 0 Å². The molecule has 0 aliphatic carbocycles. The Hall–Kier alpha value is -1.44. The van der Waals surface area contributed by atoms with Crippen LogP contribution in [0.4, 0.5) is 0 Å². The van der Waals surface area contributed by atoms with Gasteiger partial charge in [-0.2, -0.15) is 0 Å². The van der Waals surface area contributed by atoms with E-state index in [0.717, 1.165) is 25.1 Å². The maximum absolute atomic E-state index is 11.6. The molecule has 0 spiro atoms. The van der Waals surface area contributed by atoms with Gasteiger partial charge in [-0.25, -0.2) is 17.5 Å². The Kier molecular flexibility index (Phi) is 5.55. The van der Waals surface area contributed by atoms with Gasteiger partial charge >= 0.3 is 5.97 Å². The molecule has 22 heavy (non-hydrogen) atoms. The van der Waals surface area contributed by atoms with Crippen molar-refractivity contribution in [2.45, 2.75) is 13.0 Å². The smallest absolute Gasteiger partial charge is 0.337 e. The monoisotopic (exact) mass is 326 g/mol. The third-order valence-corrected chi connectivity index (χ3v) is 5.10. The lowest BCUT2D eigenvalue weighted by atomic mass is 10.1. The van der Waals surface area contributed by atoms with Crippen LogP contribution in [-0.4, -0.2) is 63.1 Å². The quantitative estimate of drug-likeness (QED) is 0.771. The van der Waals surface area contributed by atoms with Gasteiger partial charge in [-0.05, 0) is 30.7 Å². The summed E-state index contributed by atoms with van der Waals surface area (Å²) in [4.78, 5) is 13.6. The standard InChI is InChI=1S/C15H22N2O4S/c1-21-15(18)14-6-4-13(5-7-14)12-16-8-3-9-17(11-10-16)22(2,19)20/h4-7H,3,8-12H2,1-2H3. The van der Waals surface area contributed by atoms with Crippen molar-refractivity contribution in [2.24, 2.45) is 0 Å². The van der Waals surface area contributed by atoms with E-state index in [-0.39, 0.29) is 5.97 Å². The molecule has 0 unspecified atom stereocenters. The molecule has 0 atom stereocenters. The lowest BCUT2D eigenvalue weighted by Gasteiger charge is -2.20. The normalized spacial score (nSPS) is 17.9. The summed E-state index contributed by atoms with van der Waals surface area (Å²) in [7, 11) is -1.75. The number of benzene rings is 1. The van der Waals surface area contributed by atoms with Gasteiger partial charge < -0.3 is 4.74 Å². The molecule has 1 aliphatic rings. The van der Waals surface area contributed by atoms with E-state index in [9.17, 15) is 13.2 Å². The fourth-order valence-electron chi connectivity index (χ4n) is 2.56. The van der Waals surface area contributed by atoms with Crippen molar-refractivity contribution < 1.29 is 17.9 Å². The van der Waals surface area contributed by atoms with Gasteiger partial charge in [-0.15, -0.1) is 0 Å². The van der Waals surface area contributed by atoms with Crippen LogP contribution in [0.5, 0.6) is 0 Å². The highest BCUT2D eigenvalue weighted by molar-refractivity contribution is 7.88. The molecule has 1 heterocycles. The molecule has 0 amide bonds. The van der Waals surface area contributed by atoms with Gasteiger partial charge in [0, 0.05) is 26.2 Å². The van der Waals surface area contributed by atoms with Crippen LogP contribution in [0.1, 0.15) is 22.3 Å². The van der Waals surface area contributed by atoms with E-state index in [1.54, 1.807) is 12.1 Å². The average Bonchev–Trinajstić information content (AvgIpc) is 2.72. The van der Waals surface area contributed by atoms with Crippen LogP contribution in [0, 0.1) is 0 Å². The predicted octanol–water partition coefficient (Wildman–Crippen LogP) is 0.941. The van der Waals surface area contributed by atoms with E-state index < -0.39 is 10.0 Å². The zero-order valence-corrected chi connectivity index (χ0v) is 13.8. The largest absolute Gasteiger partial charge is 0.465 e. The van der Waals surface area contributed by atoms with Crippen LogP contribution in [0.2, 0.25) is 0 Å². The lowest BCUT2D eigenvalue weighted by molar-refractivity contribution is 0.0600. The molecule has 0 saturated carbocycles. The number of sulfonamides is 1. The summed E-state index contributed by atoms with van der Waals surface area (Å²) in [6.07, 6.45) is 2.08. The van der Waals surface area contributed by atoms with E-state index in [4.69, 9.17) is 0 Å². The van der Waals surface area contributed by atoms with Crippen molar-refractivity contribution >= 4 is 16.0 Å². The van der Waals surface area contributed by atoms with Crippen molar-refractivity contribution in [1.29, 1.82) is 0 Å². The molecule has 6 nitrogen and oxygen atoms in total. The highest BCUT2D eigenvalue weighted by Gasteiger charge is 2.21. The van der Waals surface area contributed by atoms with Crippen LogP contribution in [0.3, 0.4) is 0 Å². The molecular weight excluding hydrogens is 304 g/mol. The molecular formula is C15H22N2O4S. The zero-order chi connectivity index (χ0) is 16.2. The number of nitrogens with zero attached hydrogens (tertiary/aromatic N) is 2. The molecule has 0 N–H and O–H groups in total. The predicted molar refractivity (Wildman–Crippen MR) is 84.1 cm³/mol. The molecule has 1 fully saturated rings. The Morgan fingerprint density at radius 2 is 1.82 bits per heavy atom. The Labute approximate surface area is 131 Å². The number of rotatable bonds is 4. The van der Waals surface area contributed by atoms with Crippen molar-refractivity contribution in [3.05, 3.63) is 35.4 Å². The molecule has 122 valence electrons. The Morgan fingerprint density at radius 3 is 2.41 bits per heavy atom. The summed E-state index contributed by atoms with van der Waals surface area (Å²) in [6, 6.07) is 7.32. The summed E-state index contributed by atoms with van der Waals surface area (Å²) in [5.74, 6) is -0.342. The van der Waals surface area contributed by atoms with Crippen molar-refractivity contribution in [3.63, 3.8) is 0 Å². The molecule has 0 aromatic heterocycles.